The lowest BCUT2D eigenvalue weighted by Crippen LogP contribution is -2.35. The molecular weight excluding hydrogens is 248 g/mol. The van der Waals surface area contributed by atoms with Crippen LogP contribution in [0.3, 0.4) is 0 Å². The summed E-state index contributed by atoms with van der Waals surface area (Å²) in [5, 5.41) is 6.02. The van der Waals surface area contributed by atoms with Gasteiger partial charge in [0.1, 0.15) is 5.69 Å². The largest absolute Gasteiger partial charge is 0.348 e. The van der Waals surface area contributed by atoms with Crippen LogP contribution in [0, 0.1) is 0 Å². The van der Waals surface area contributed by atoms with Gasteiger partial charge in [-0.1, -0.05) is 18.1 Å². The quantitative estimate of drug-likeness (QED) is 0.610. The van der Waals surface area contributed by atoms with Gasteiger partial charge in [-0.3, -0.25) is 14.6 Å². The number of carbonyl (C=O) groups excluding carboxylic acids is 2. The highest BCUT2D eigenvalue weighted by molar-refractivity contribution is 5.97. The molecular formula is C12H12N4O3. The fourth-order valence-electron chi connectivity index (χ4n) is 1.53. The van der Waals surface area contributed by atoms with E-state index in [-0.39, 0.29) is 17.5 Å². The van der Waals surface area contributed by atoms with E-state index in [9.17, 15) is 9.59 Å². The van der Waals surface area contributed by atoms with Gasteiger partial charge in [-0.15, -0.1) is 0 Å². The zero-order valence-electron chi connectivity index (χ0n) is 10.2. The molecule has 0 saturated carbocycles. The van der Waals surface area contributed by atoms with Crippen molar-refractivity contribution in [1.82, 2.24) is 20.4 Å². The van der Waals surface area contributed by atoms with E-state index >= 15 is 0 Å². The molecule has 0 fully saturated rings. The summed E-state index contributed by atoms with van der Waals surface area (Å²) in [5.41, 5.74) is 0.491. The Kier molecular flexibility index (Phi) is 3.97. The molecule has 2 aromatic rings. The van der Waals surface area contributed by atoms with Gasteiger partial charge in [0.15, 0.2) is 0 Å². The molecule has 2 rings (SSSR count). The zero-order valence-corrected chi connectivity index (χ0v) is 10.2. The SMILES string of the molecule is CCC(NC=O)C(=O)c1noc(-c2ccccn2)n1. The van der Waals surface area contributed by atoms with Crippen molar-refractivity contribution in [2.75, 3.05) is 0 Å². The van der Waals surface area contributed by atoms with Gasteiger partial charge < -0.3 is 9.84 Å². The molecule has 2 heterocycles. The lowest BCUT2D eigenvalue weighted by atomic mass is 10.1. The molecule has 98 valence electrons. The first kappa shape index (κ1) is 12.9. The van der Waals surface area contributed by atoms with Crippen LogP contribution in [0.1, 0.15) is 24.0 Å². The molecule has 1 unspecified atom stereocenters. The number of hydrogen-bond donors (Lipinski definition) is 1. The Morgan fingerprint density at radius 1 is 1.53 bits per heavy atom. The molecule has 1 N–H and O–H groups in total. The molecule has 7 nitrogen and oxygen atoms in total. The van der Waals surface area contributed by atoms with Crippen LogP contribution in [0.4, 0.5) is 0 Å². The molecule has 0 aliphatic rings. The first-order valence-electron chi connectivity index (χ1n) is 5.75. The van der Waals surface area contributed by atoms with Crippen LogP contribution in [-0.2, 0) is 4.79 Å². The fourth-order valence-corrected chi connectivity index (χ4v) is 1.53. The second-order valence-electron chi connectivity index (χ2n) is 3.75. The Labute approximate surface area is 109 Å². The van der Waals surface area contributed by atoms with Crippen LogP contribution >= 0.6 is 0 Å². The number of ketones is 1. The van der Waals surface area contributed by atoms with E-state index in [0.29, 0.717) is 18.5 Å². The number of hydrogen-bond acceptors (Lipinski definition) is 6. The number of pyridine rings is 1. The van der Waals surface area contributed by atoms with Crippen LogP contribution < -0.4 is 5.32 Å². The first-order chi connectivity index (χ1) is 9.26. The summed E-state index contributed by atoms with van der Waals surface area (Å²) >= 11 is 0. The third-order valence-corrected chi connectivity index (χ3v) is 2.52. The number of rotatable bonds is 6. The van der Waals surface area contributed by atoms with Crippen LogP contribution in [-0.4, -0.2) is 33.4 Å². The summed E-state index contributed by atoms with van der Waals surface area (Å²) in [7, 11) is 0. The standard InChI is InChI=1S/C12H12N4O3/c1-2-8(14-7-17)10(18)11-15-12(19-16-11)9-5-3-4-6-13-9/h3-8H,2H2,1H3,(H,14,17). The van der Waals surface area contributed by atoms with Crippen molar-refractivity contribution >= 4 is 12.2 Å². The Bertz CT molecular complexity index is 567. The van der Waals surface area contributed by atoms with Gasteiger partial charge in [0.2, 0.25) is 18.0 Å². The van der Waals surface area contributed by atoms with Gasteiger partial charge >= 0.3 is 0 Å². The number of nitrogens with one attached hydrogen (secondary N) is 1. The molecule has 0 aliphatic carbocycles. The number of aromatic nitrogens is 3. The molecule has 0 aromatic carbocycles. The molecule has 7 heteroatoms. The zero-order chi connectivity index (χ0) is 13.7. The van der Waals surface area contributed by atoms with Gasteiger partial charge in [-0.2, -0.15) is 4.98 Å². The Morgan fingerprint density at radius 2 is 2.37 bits per heavy atom. The molecule has 0 bridgehead atoms. The smallest absolute Gasteiger partial charge is 0.276 e. The van der Waals surface area contributed by atoms with Gasteiger partial charge in [0.25, 0.3) is 5.89 Å². The van der Waals surface area contributed by atoms with Crippen LogP contribution in [0.5, 0.6) is 0 Å². The minimum Gasteiger partial charge on any atom is -0.348 e. The van der Waals surface area contributed by atoms with E-state index in [1.54, 1.807) is 31.3 Å². The lowest BCUT2D eigenvalue weighted by Gasteiger charge is -2.08. The van der Waals surface area contributed by atoms with Crippen LogP contribution in [0.15, 0.2) is 28.9 Å². The molecule has 0 radical (unpaired) electrons. The van der Waals surface area contributed by atoms with Crippen molar-refractivity contribution < 1.29 is 14.1 Å². The van der Waals surface area contributed by atoms with E-state index in [2.05, 4.69) is 20.4 Å². The van der Waals surface area contributed by atoms with Crippen molar-refractivity contribution in [3.8, 4) is 11.6 Å². The predicted octanol–water partition coefficient (Wildman–Crippen LogP) is 0.839. The maximum absolute atomic E-state index is 12.0. The van der Waals surface area contributed by atoms with Crippen molar-refractivity contribution in [3.63, 3.8) is 0 Å². The number of amides is 1. The summed E-state index contributed by atoms with van der Waals surface area (Å²) in [6.45, 7) is 1.78. The van der Waals surface area contributed by atoms with Crippen LogP contribution in [0.25, 0.3) is 11.6 Å². The number of Topliss-reactive ketones (excluding diaryl/α,β-unsaturated/α-hetero) is 1. The number of carbonyl (C=O) groups is 2. The van der Waals surface area contributed by atoms with E-state index < -0.39 is 6.04 Å². The predicted molar refractivity (Wildman–Crippen MR) is 65.1 cm³/mol. The summed E-state index contributed by atoms with van der Waals surface area (Å²) in [4.78, 5) is 30.4. The van der Waals surface area contributed by atoms with Gasteiger partial charge in [-0.05, 0) is 18.6 Å². The van der Waals surface area contributed by atoms with Crippen molar-refractivity contribution in [3.05, 3.63) is 30.2 Å². The van der Waals surface area contributed by atoms with Gasteiger partial charge in [0.05, 0.1) is 6.04 Å². The third kappa shape index (κ3) is 2.82. The van der Waals surface area contributed by atoms with Crippen LogP contribution in [0.2, 0.25) is 0 Å². The minimum absolute atomic E-state index is 0.0677. The normalized spacial score (nSPS) is 11.8. The summed E-state index contributed by atoms with van der Waals surface area (Å²) in [6.07, 6.45) is 2.51. The first-order valence-corrected chi connectivity index (χ1v) is 5.75. The average molecular weight is 260 g/mol. The van der Waals surface area contributed by atoms with E-state index in [1.165, 1.54) is 0 Å². The number of nitrogens with zero attached hydrogens (tertiary/aromatic N) is 3. The lowest BCUT2D eigenvalue weighted by molar-refractivity contribution is -0.110. The summed E-state index contributed by atoms with van der Waals surface area (Å²) in [5.74, 6) is -0.285. The molecule has 19 heavy (non-hydrogen) atoms. The maximum atomic E-state index is 12.0. The van der Waals surface area contributed by atoms with Crippen molar-refractivity contribution in [2.45, 2.75) is 19.4 Å². The van der Waals surface area contributed by atoms with E-state index in [4.69, 9.17) is 4.52 Å². The topological polar surface area (TPSA) is 98.0 Å². The van der Waals surface area contributed by atoms with E-state index in [0.717, 1.165) is 0 Å². The highest BCUT2D eigenvalue weighted by atomic mass is 16.5. The second kappa shape index (κ2) is 5.85. The second-order valence-corrected chi connectivity index (χ2v) is 3.75. The fraction of sp³-hybridized carbons (Fsp3) is 0.250. The maximum Gasteiger partial charge on any atom is 0.276 e. The highest BCUT2D eigenvalue weighted by Gasteiger charge is 2.23. The molecule has 1 amide bonds. The van der Waals surface area contributed by atoms with Crippen molar-refractivity contribution in [2.24, 2.45) is 0 Å². The molecule has 0 spiro atoms. The summed E-state index contributed by atoms with van der Waals surface area (Å²) < 4.78 is 4.98. The van der Waals surface area contributed by atoms with Crippen molar-refractivity contribution in [1.29, 1.82) is 0 Å². The molecule has 0 saturated heterocycles. The third-order valence-electron chi connectivity index (χ3n) is 2.52. The molecule has 1 atom stereocenters. The minimum atomic E-state index is -0.647. The van der Waals surface area contributed by atoms with E-state index in [1.807, 2.05) is 0 Å². The Balaban J connectivity index is 2.21. The monoisotopic (exact) mass is 260 g/mol. The molecule has 2 aromatic heterocycles. The highest BCUT2D eigenvalue weighted by Crippen LogP contribution is 2.14. The average Bonchev–Trinajstić information content (AvgIpc) is 2.95. The Morgan fingerprint density at radius 3 is 3.00 bits per heavy atom. The van der Waals surface area contributed by atoms with Gasteiger partial charge in [-0.25, -0.2) is 0 Å². The summed E-state index contributed by atoms with van der Waals surface area (Å²) in [6, 6.07) is 4.58. The van der Waals surface area contributed by atoms with Gasteiger partial charge in [0, 0.05) is 6.20 Å². The molecule has 0 aliphatic heterocycles. The Hall–Kier alpha value is -2.57.